The second kappa shape index (κ2) is 6.96. The van der Waals surface area contributed by atoms with E-state index in [1.54, 1.807) is 0 Å². The Kier molecular flexibility index (Phi) is 6.77. The minimum absolute atomic E-state index is 0.223. The molecular formula is C20H47B2ClP2. The molecule has 0 saturated carbocycles. The van der Waals surface area contributed by atoms with Gasteiger partial charge in [0, 0.05) is 0 Å². The lowest BCUT2D eigenvalue weighted by molar-refractivity contribution is 0.738. The van der Waals surface area contributed by atoms with Crippen LogP contribution in [0.25, 0.3) is 0 Å². The fourth-order valence-electron chi connectivity index (χ4n) is 8.43. The zero-order valence-electron chi connectivity index (χ0n) is 19.9. The van der Waals surface area contributed by atoms with Crippen molar-refractivity contribution in [2.75, 3.05) is 0 Å². The summed E-state index contributed by atoms with van der Waals surface area (Å²) < 4.78 is 0. The quantitative estimate of drug-likeness (QED) is 0.323. The van der Waals surface area contributed by atoms with Gasteiger partial charge in [0.15, 0.2) is 0 Å². The highest BCUT2D eigenvalue weighted by atomic mass is 35.5. The molecule has 150 valence electrons. The first kappa shape index (κ1) is 24.3. The van der Waals surface area contributed by atoms with E-state index < -0.39 is 19.0 Å². The number of hydrogen-bond acceptors (Lipinski definition) is 0. The summed E-state index contributed by atoms with van der Waals surface area (Å²) in [5.74, 6) is 0. The fraction of sp³-hybridized carbons (Fsp3) is 1.00. The predicted molar refractivity (Wildman–Crippen MR) is 133 cm³/mol. The molecule has 0 unspecified atom stereocenters. The van der Waals surface area contributed by atoms with E-state index >= 15 is 0 Å². The third kappa shape index (κ3) is 2.77. The molecule has 0 N–H and O–H groups in total. The van der Waals surface area contributed by atoms with Crippen molar-refractivity contribution in [2.24, 2.45) is 0 Å². The molecule has 5 heteroatoms. The summed E-state index contributed by atoms with van der Waals surface area (Å²) in [4.78, 5) is 0. The van der Waals surface area contributed by atoms with E-state index in [-0.39, 0.29) is 11.5 Å². The van der Waals surface area contributed by atoms with Gasteiger partial charge in [0.1, 0.15) is 0 Å². The van der Waals surface area contributed by atoms with Crippen LogP contribution in [-0.4, -0.2) is 33.8 Å². The molecule has 25 heavy (non-hydrogen) atoms. The minimum atomic E-state index is -1.26. The van der Waals surface area contributed by atoms with E-state index in [4.69, 9.17) is 11.5 Å². The molecule has 0 aliphatic carbocycles. The van der Waals surface area contributed by atoms with Gasteiger partial charge in [0.2, 0.25) is 6.15 Å². The highest BCUT2D eigenvalue weighted by Gasteiger charge is 2.86. The molecule has 1 aliphatic heterocycles. The van der Waals surface area contributed by atoms with E-state index in [1.165, 1.54) is 0 Å². The van der Waals surface area contributed by atoms with Gasteiger partial charge in [-0.05, 0) is 78.0 Å². The maximum absolute atomic E-state index is 8.19. The summed E-state index contributed by atoms with van der Waals surface area (Å²) in [6, 6.07) is 0. The van der Waals surface area contributed by atoms with E-state index in [0.29, 0.717) is 5.31 Å². The van der Waals surface area contributed by atoms with Crippen LogP contribution in [0, 0.1) is 0 Å². The van der Waals surface area contributed by atoms with Crippen LogP contribution in [-0.2, 0) is 0 Å². The number of rotatable bonds is 4. The van der Waals surface area contributed by atoms with Crippen LogP contribution < -0.4 is 0 Å². The molecule has 1 rings (SSSR count). The Bertz CT molecular complexity index is 443. The Morgan fingerprint density at radius 1 is 0.640 bits per heavy atom. The highest BCUT2D eigenvalue weighted by molar-refractivity contribution is 8.78. The Morgan fingerprint density at radius 3 is 1.00 bits per heavy atom. The first-order chi connectivity index (χ1) is 10.9. The van der Waals surface area contributed by atoms with Crippen molar-refractivity contribution >= 4 is 36.7 Å². The summed E-state index contributed by atoms with van der Waals surface area (Å²) in [7, 11) is -2.51. The van der Waals surface area contributed by atoms with Crippen molar-refractivity contribution in [1.82, 2.24) is 0 Å². The van der Waals surface area contributed by atoms with Crippen LogP contribution in [0.5, 0.6) is 0 Å². The van der Waals surface area contributed by atoms with Gasteiger partial charge in [0.05, 0.1) is 0 Å². The van der Waals surface area contributed by atoms with Gasteiger partial charge in [0.25, 0.3) is 0 Å². The molecule has 0 bridgehead atoms. The van der Waals surface area contributed by atoms with Gasteiger partial charge < -0.3 is 0 Å². The third-order valence-corrected chi connectivity index (χ3v) is 32.3. The summed E-state index contributed by atoms with van der Waals surface area (Å²) in [6.07, 6.45) is -0.277. The van der Waals surface area contributed by atoms with Gasteiger partial charge in [-0.15, -0.1) is 0 Å². The van der Waals surface area contributed by atoms with Crippen LogP contribution in [0.15, 0.2) is 0 Å². The van der Waals surface area contributed by atoms with Gasteiger partial charge in [-0.3, -0.25) is 11.5 Å². The summed E-state index contributed by atoms with van der Waals surface area (Å²) in [5.41, 5.74) is 3.03. The molecule has 1 heterocycles. The maximum Gasteiger partial charge on any atom is 0.327 e. The topological polar surface area (TPSA) is 0 Å². The lowest BCUT2D eigenvalue weighted by atomic mass is 9.66. The predicted octanol–water partition coefficient (Wildman–Crippen LogP) is 8.67. The number of hydrogen-bond donors (Lipinski definition) is 0. The average molecular weight is 407 g/mol. The van der Waals surface area contributed by atoms with E-state index in [1.807, 2.05) is 0 Å². The van der Waals surface area contributed by atoms with Crippen molar-refractivity contribution in [3.63, 3.8) is 0 Å². The van der Waals surface area contributed by atoms with Gasteiger partial charge >= 0.3 is 5.00 Å². The van der Waals surface area contributed by atoms with E-state index in [0.717, 1.165) is 22.6 Å². The average Bonchev–Trinajstić information content (AvgIpc) is 2.31. The molecular weight excluding hydrogens is 359 g/mol. The van der Waals surface area contributed by atoms with E-state index in [2.05, 4.69) is 96.9 Å². The SMILES string of the molecule is CC(C)[P+]1(C(C)C)[BH-](C(C)(C)C)[P+](C(C)C)(C(C)C)[B-]1(Cl)C(C)(C)C. The van der Waals surface area contributed by atoms with Crippen molar-refractivity contribution in [1.29, 1.82) is 0 Å². The van der Waals surface area contributed by atoms with Crippen LogP contribution in [0.4, 0.5) is 0 Å². The molecule has 1 fully saturated rings. The second-order valence-corrected chi connectivity index (χ2v) is 25.5. The molecule has 0 aromatic rings. The minimum Gasteiger partial charge on any atom is -0.294 e. The Hall–Kier alpha value is 1.28. The summed E-state index contributed by atoms with van der Waals surface area (Å²) >= 11 is 8.19. The molecule has 1 aliphatic rings. The standard InChI is InChI=1S/C20H47B2ClP2/c1-15(2)24(16(3)4)21(19(9,10)11)25(17(5)6,18(7)8)22(24,23)20(12,13)14/h15-18,21H,1-14H3. The smallest absolute Gasteiger partial charge is 0.294 e. The van der Waals surface area contributed by atoms with Crippen molar-refractivity contribution in [3.8, 4) is 0 Å². The normalized spacial score (nSPS) is 29.6. The number of halogens is 1. The van der Waals surface area contributed by atoms with E-state index in [9.17, 15) is 0 Å². The van der Waals surface area contributed by atoms with Crippen LogP contribution >= 0.6 is 25.5 Å². The van der Waals surface area contributed by atoms with Crippen molar-refractivity contribution in [2.45, 2.75) is 130 Å². The third-order valence-electron chi connectivity index (χ3n) is 8.21. The summed E-state index contributed by atoms with van der Waals surface area (Å²) in [6.45, 7) is 35.3. The summed E-state index contributed by atoms with van der Waals surface area (Å²) in [5, 5.41) is -0.210. The Morgan fingerprint density at radius 2 is 0.880 bits per heavy atom. The lowest BCUT2D eigenvalue weighted by Gasteiger charge is -2.86. The Labute approximate surface area is 166 Å². The zero-order chi connectivity index (χ0) is 20.4. The molecule has 0 spiro atoms. The van der Waals surface area contributed by atoms with Gasteiger partial charge in [-0.25, -0.2) is 14.0 Å². The van der Waals surface area contributed by atoms with Crippen LogP contribution in [0.2, 0.25) is 10.6 Å². The van der Waals surface area contributed by atoms with Crippen LogP contribution in [0.1, 0.15) is 96.9 Å². The van der Waals surface area contributed by atoms with Gasteiger partial charge in [-0.2, -0.15) is 0 Å². The molecule has 0 aromatic carbocycles. The first-order valence-electron chi connectivity index (χ1n) is 10.7. The molecule has 0 atom stereocenters. The maximum atomic E-state index is 8.19. The van der Waals surface area contributed by atoms with Gasteiger partial charge in [-0.1, -0.05) is 52.2 Å². The lowest BCUT2D eigenvalue weighted by Crippen LogP contribution is -2.70. The molecule has 1 saturated heterocycles. The Balaban J connectivity index is 4.08. The first-order valence-corrected chi connectivity index (χ1v) is 15.5. The highest BCUT2D eigenvalue weighted by Crippen LogP contribution is 3.11. The van der Waals surface area contributed by atoms with Crippen LogP contribution in [0.3, 0.4) is 0 Å². The molecule has 0 radical (unpaired) electrons. The van der Waals surface area contributed by atoms with Crippen molar-refractivity contribution < 1.29 is 0 Å². The van der Waals surface area contributed by atoms with Crippen molar-refractivity contribution in [3.05, 3.63) is 0 Å². The second-order valence-electron chi connectivity index (χ2n) is 12.4. The monoisotopic (exact) mass is 406 g/mol. The largest absolute Gasteiger partial charge is 0.327 e. The zero-order valence-corrected chi connectivity index (χ0v) is 22.4. The fourth-order valence-corrected chi connectivity index (χ4v) is 42.8. The molecule has 0 nitrogen and oxygen atoms in total. The molecule has 0 aromatic heterocycles. The molecule has 0 amide bonds.